The zero-order chi connectivity index (χ0) is 13.9. The number of aryl methyl sites for hydroxylation is 1. The highest BCUT2D eigenvalue weighted by atomic mass is 35.5. The Kier molecular flexibility index (Phi) is 3.90. The molecule has 20 heavy (non-hydrogen) atoms. The van der Waals surface area contributed by atoms with Crippen molar-refractivity contribution in [3.8, 4) is 5.75 Å². The summed E-state index contributed by atoms with van der Waals surface area (Å²) in [6.45, 7) is 3.62. The fourth-order valence-electron chi connectivity index (χ4n) is 2.38. The van der Waals surface area contributed by atoms with Gasteiger partial charge in [-0.2, -0.15) is 0 Å². The average Bonchev–Trinajstić information content (AvgIpc) is 2.83. The molecule has 1 aromatic carbocycles. The lowest BCUT2D eigenvalue weighted by molar-refractivity contribution is 0.227. The van der Waals surface area contributed by atoms with E-state index in [1.165, 1.54) is 11.1 Å². The summed E-state index contributed by atoms with van der Waals surface area (Å²) in [5.41, 5.74) is 3.43. The molecule has 2 heterocycles. The maximum atomic E-state index is 5.99. The van der Waals surface area contributed by atoms with Crippen LogP contribution in [0, 0.1) is 6.92 Å². The molecule has 0 spiro atoms. The molecule has 0 radical (unpaired) electrons. The zero-order valence-corrected chi connectivity index (χ0v) is 12.2. The van der Waals surface area contributed by atoms with Crippen LogP contribution in [0.2, 0.25) is 5.02 Å². The second-order valence-corrected chi connectivity index (χ2v) is 5.57. The molecule has 0 saturated heterocycles. The Balaban J connectivity index is 1.50. The molecule has 2 aromatic rings. The number of nitrogens with zero attached hydrogens (tertiary/aromatic N) is 1. The van der Waals surface area contributed by atoms with Gasteiger partial charge in [-0.1, -0.05) is 17.7 Å². The van der Waals surface area contributed by atoms with E-state index in [0.717, 1.165) is 36.0 Å². The second kappa shape index (κ2) is 5.81. The first-order valence-electron chi connectivity index (χ1n) is 6.78. The van der Waals surface area contributed by atoms with Crippen molar-refractivity contribution in [2.75, 3.05) is 6.54 Å². The van der Waals surface area contributed by atoms with E-state index in [4.69, 9.17) is 16.3 Å². The van der Waals surface area contributed by atoms with E-state index in [1.54, 1.807) is 0 Å². The maximum absolute atomic E-state index is 5.99. The van der Waals surface area contributed by atoms with Crippen molar-refractivity contribution in [3.05, 3.63) is 58.4 Å². The molecular weight excluding hydrogens is 272 g/mol. The lowest BCUT2D eigenvalue weighted by Gasteiger charge is -2.11. The predicted molar refractivity (Wildman–Crippen MR) is 80.3 cm³/mol. The number of fused-ring (bicyclic) bond motifs is 1. The minimum Gasteiger partial charge on any atom is -0.488 e. The first kappa shape index (κ1) is 13.4. The Morgan fingerprint density at radius 1 is 1.35 bits per heavy atom. The van der Waals surface area contributed by atoms with Crippen molar-refractivity contribution in [2.45, 2.75) is 26.0 Å². The van der Waals surface area contributed by atoms with E-state index >= 15 is 0 Å². The number of halogens is 1. The van der Waals surface area contributed by atoms with Crippen LogP contribution < -0.4 is 10.1 Å². The van der Waals surface area contributed by atoms with Gasteiger partial charge in [0, 0.05) is 36.4 Å². The van der Waals surface area contributed by atoms with Gasteiger partial charge in [0.1, 0.15) is 11.9 Å². The highest BCUT2D eigenvalue weighted by Crippen LogP contribution is 2.30. The zero-order valence-electron chi connectivity index (χ0n) is 11.4. The van der Waals surface area contributed by atoms with Gasteiger partial charge in [0.05, 0.1) is 0 Å². The highest BCUT2D eigenvalue weighted by Gasteiger charge is 2.22. The summed E-state index contributed by atoms with van der Waals surface area (Å²) in [6.07, 6.45) is 3.00. The topological polar surface area (TPSA) is 34.1 Å². The van der Waals surface area contributed by atoms with Crippen LogP contribution in [0.1, 0.15) is 16.8 Å². The summed E-state index contributed by atoms with van der Waals surface area (Å²) in [4.78, 5) is 4.29. The lowest BCUT2D eigenvalue weighted by Crippen LogP contribution is -2.29. The van der Waals surface area contributed by atoms with Crippen LogP contribution in [0.25, 0.3) is 0 Å². The molecule has 4 heteroatoms. The first-order chi connectivity index (χ1) is 9.70. The first-order valence-corrected chi connectivity index (χ1v) is 7.16. The van der Waals surface area contributed by atoms with E-state index in [9.17, 15) is 0 Å². The van der Waals surface area contributed by atoms with Gasteiger partial charge in [0.2, 0.25) is 0 Å². The van der Waals surface area contributed by atoms with E-state index in [-0.39, 0.29) is 6.10 Å². The third-order valence-electron chi connectivity index (χ3n) is 3.44. The van der Waals surface area contributed by atoms with Gasteiger partial charge in [-0.3, -0.25) is 4.98 Å². The smallest absolute Gasteiger partial charge is 0.123 e. The molecule has 3 nitrogen and oxygen atoms in total. The largest absolute Gasteiger partial charge is 0.488 e. The SMILES string of the molecule is Cc1ccc(CNCC2Cc3cc(Cl)ccc3O2)cn1. The monoisotopic (exact) mass is 288 g/mol. The van der Waals surface area contributed by atoms with Crippen LogP contribution in [0.5, 0.6) is 5.75 Å². The summed E-state index contributed by atoms with van der Waals surface area (Å²) >= 11 is 5.99. The molecule has 0 fully saturated rings. The number of ether oxygens (including phenoxy) is 1. The molecule has 0 amide bonds. The maximum Gasteiger partial charge on any atom is 0.123 e. The van der Waals surface area contributed by atoms with Gasteiger partial charge in [0.15, 0.2) is 0 Å². The van der Waals surface area contributed by atoms with Crippen molar-refractivity contribution in [2.24, 2.45) is 0 Å². The summed E-state index contributed by atoms with van der Waals surface area (Å²) in [7, 11) is 0. The third-order valence-corrected chi connectivity index (χ3v) is 3.67. The standard InChI is InChI=1S/C16H17ClN2O/c1-11-2-3-12(9-19-11)8-18-10-15-7-13-6-14(17)4-5-16(13)20-15/h2-6,9,15,18H,7-8,10H2,1H3. The lowest BCUT2D eigenvalue weighted by atomic mass is 10.1. The van der Waals surface area contributed by atoms with Gasteiger partial charge in [-0.15, -0.1) is 0 Å². The number of hydrogen-bond donors (Lipinski definition) is 1. The van der Waals surface area contributed by atoms with Crippen LogP contribution in [-0.2, 0) is 13.0 Å². The average molecular weight is 289 g/mol. The Bertz CT molecular complexity index is 598. The van der Waals surface area contributed by atoms with Crippen LogP contribution in [0.15, 0.2) is 36.5 Å². The normalized spacial score (nSPS) is 16.8. The predicted octanol–water partition coefficient (Wildman–Crippen LogP) is 3.14. The van der Waals surface area contributed by atoms with Crippen molar-refractivity contribution >= 4 is 11.6 Å². The highest BCUT2D eigenvalue weighted by molar-refractivity contribution is 6.30. The van der Waals surface area contributed by atoms with E-state index in [1.807, 2.05) is 37.4 Å². The quantitative estimate of drug-likeness (QED) is 0.938. The Labute approximate surface area is 123 Å². The number of pyridine rings is 1. The number of rotatable bonds is 4. The van der Waals surface area contributed by atoms with E-state index < -0.39 is 0 Å². The molecule has 0 saturated carbocycles. The molecule has 104 valence electrons. The van der Waals surface area contributed by atoms with Crippen LogP contribution in [-0.4, -0.2) is 17.6 Å². The molecular formula is C16H17ClN2O. The molecule has 1 aliphatic heterocycles. The molecule has 1 aromatic heterocycles. The molecule has 0 bridgehead atoms. The van der Waals surface area contributed by atoms with Gasteiger partial charge in [-0.05, 0) is 42.3 Å². The minimum atomic E-state index is 0.182. The molecule has 3 rings (SSSR count). The van der Waals surface area contributed by atoms with Gasteiger partial charge in [0.25, 0.3) is 0 Å². The fourth-order valence-corrected chi connectivity index (χ4v) is 2.58. The van der Waals surface area contributed by atoms with Crippen LogP contribution in [0.4, 0.5) is 0 Å². The Hall–Kier alpha value is -1.58. The minimum absolute atomic E-state index is 0.182. The molecule has 1 unspecified atom stereocenters. The summed E-state index contributed by atoms with van der Waals surface area (Å²) in [5, 5.41) is 4.18. The Morgan fingerprint density at radius 2 is 2.25 bits per heavy atom. The molecule has 1 atom stereocenters. The second-order valence-electron chi connectivity index (χ2n) is 5.13. The summed E-state index contributed by atoms with van der Waals surface area (Å²) in [5.74, 6) is 0.957. The van der Waals surface area contributed by atoms with Gasteiger partial charge >= 0.3 is 0 Å². The van der Waals surface area contributed by atoms with Gasteiger partial charge < -0.3 is 10.1 Å². The van der Waals surface area contributed by atoms with Crippen LogP contribution in [0.3, 0.4) is 0 Å². The van der Waals surface area contributed by atoms with E-state index in [0.29, 0.717) is 0 Å². The Morgan fingerprint density at radius 3 is 3.05 bits per heavy atom. The molecule has 0 aliphatic carbocycles. The number of aromatic nitrogens is 1. The third kappa shape index (κ3) is 3.11. The number of hydrogen-bond acceptors (Lipinski definition) is 3. The van der Waals surface area contributed by atoms with Crippen molar-refractivity contribution < 1.29 is 4.74 Å². The summed E-state index contributed by atoms with van der Waals surface area (Å²) < 4.78 is 5.88. The van der Waals surface area contributed by atoms with Crippen molar-refractivity contribution in [1.82, 2.24) is 10.3 Å². The van der Waals surface area contributed by atoms with Crippen molar-refractivity contribution in [1.29, 1.82) is 0 Å². The molecule has 1 N–H and O–H groups in total. The fraction of sp³-hybridized carbons (Fsp3) is 0.312. The number of benzene rings is 1. The van der Waals surface area contributed by atoms with E-state index in [2.05, 4.69) is 16.4 Å². The van der Waals surface area contributed by atoms with Crippen LogP contribution >= 0.6 is 11.6 Å². The number of nitrogens with one attached hydrogen (secondary N) is 1. The molecule has 1 aliphatic rings. The summed E-state index contributed by atoms with van der Waals surface area (Å²) in [6, 6.07) is 9.93. The van der Waals surface area contributed by atoms with Gasteiger partial charge in [-0.25, -0.2) is 0 Å². The van der Waals surface area contributed by atoms with Crippen molar-refractivity contribution in [3.63, 3.8) is 0 Å².